The zero-order valence-electron chi connectivity index (χ0n) is 16.6. The summed E-state index contributed by atoms with van der Waals surface area (Å²) in [7, 11) is 0. The van der Waals surface area contributed by atoms with E-state index < -0.39 is 12.1 Å². The molecule has 0 saturated heterocycles. The number of carboxylic acid groups (broad SMARTS) is 1. The largest absolute Gasteiger partial charge is 0.479 e. The number of rotatable bonds is 7. The Kier molecular flexibility index (Phi) is 7.66. The number of aliphatic carboxylic acids is 1. The van der Waals surface area contributed by atoms with Crippen LogP contribution in [0.25, 0.3) is 10.9 Å². The van der Waals surface area contributed by atoms with Gasteiger partial charge >= 0.3 is 5.97 Å². The highest BCUT2D eigenvalue weighted by Crippen LogP contribution is 2.35. The highest BCUT2D eigenvalue weighted by atomic mass is 79.9. The number of nitrogens with zero attached hydrogens (tertiary/aromatic N) is 3. The van der Waals surface area contributed by atoms with E-state index in [4.69, 9.17) is 9.84 Å². The fourth-order valence-electron chi connectivity index (χ4n) is 2.82. The first-order valence-electron chi connectivity index (χ1n) is 9.35. The molecule has 0 fully saturated rings. The van der Waals surface area contributed by atoms with Crippen LogP contribution in [0.2, 0.25) is 0 Å². The van der Waals surface area contributed by atoms with Gasteiger partial charge in [0.05, 0.1) is 26.1 Å². The number of carbonyl (C=O) groups is 1. The Hall–Kier alpha value is -2.04. The van der Waals surface area contributed by atoms with E-state index in [0.29, 0.717) is 43.4 Å². The maximum Gasteiger partial charge on any atom is 0.344 e. The van der Waals surface area contributed by atoms with E-state index in [1.807, 2.05) is 13.0 Å². The van der Waals surface area contributed by atoms with Crippen LogP contribution < -0.4 is 10.3 Å². The van der Waals surface area contributed by atoms with Gasteiger partial charge < -0.3 is 9.84 Å². The first-order valence-corrected chi connectivity index (χ1v) is 11.7. The Morgan fingerprint density at radius 1 is 1.26 bits per heavy atom. The number of hydrogen-bond acceptors (Lipinski definition) is 5. The topological polar surface area (TPSA) is 93.8 Å². The Bertz CT molecular complexity index is 1220. The van der Waals surface area contributed by atoms with Gasteiger partial charge in [0, 0.05) is 10.9 Å². The van der Waals surface area contributed by atoms with Crippen molar-refractivity contribution in [2.45, 2.75) is 32.8 Å². The van der Waals surface area contributed by atoms with E-state index in [1.165, 1.54) is 11.6 Å². The normalized spacial score (nSPS) is 12.4. The van der Waals surface area contributed by atoms with Crippen molar-refractivity contribution in [2.24, 2.45) is 5.10 Å². The fraction of sp³-hybridized carbons (Fsp3) is 0.238. The van der Waals surface area contributed by atoms with E-state index in [9.17, 15) is 9.59 Å². The molecule has 0 saturated carbocycles. The predicted molar refractivity (Wildman–Crippen MR) is 130 cm³/mol. The molecule has 1 N–H and O–H groups in total. The van der Waals surface area contributed by atoms with Crippen LogP contribution >= 0.6 is 47.8 Å². The second kappa shape index (κ2) is 10.1. The van der Waals surface area contributed by atoms with E-state index >= 15 is 0 Å². The van der Waals surface area contributed by atoms with Gasteiger partial charge in [0.1, 0.15) is 11.6 Å². The lowest BCUT2D eigenvalue weighted by Crippen LogP contribution is -2.23. The third-order valence-electron chi connectivity index (χ3n) is 4.33. The summed E-state index contributed by atoms with van der Waals surface area (Å²) in [6, 6.07) is 8.85. The Labute approximate surface area is 203 Å². The summed E-state index contributed by atoms with van der Waals surface area (Å²) in [5.41, 5.74) is 1.06. The molecule has 0 aliphatic rings. The molecule has 0 amide bonds. The minimum atomic E-state index is -1.07. The SMILES string of the molecule is CCCc1nc2ccc(Br)cc2c(=O)n1N=Cc1cc(Br)c(O[C@@H](C)C(=O)O)c(Br)c1. The number of hydrogen-bond donors (Lipinski definition) is 1. The molecule has 7 nitrogen and oxygen atoms in total. The third-order valence-corrected chi connectivity index (χ3v) is 6.01. The quantitative estimate of drug-likeness (QED) is 0.361. The highest BCUT2D eigenvalue weighted by molar-refractivity contribution is 9.11. The molecule has 1 atom stereocenters. The maximum absolute atomic E-state index is 13.1. The zero-order valence-corrected chi connectivity index (χ0v) is 21.4. The lowest BCUT2D eigenvalue weighted by atomic mass is 10.2. The number of fused-ring (bicyclic) bond motifs is 1. The predicted octanol–water partition coefficient (Wildman–Crippen LogP) is 5.37. The molecular formula is C21H18Br3N3O4. The van der Waals surface area contributed by atoms with Gasteiger partial charge in [-0.15, -0.1) is 0 Å². The molecule has 2 aromatic carbocycles. The van der Waals surface area contributed by atoms with Gasteiger partial charge in [-0.2, -0.15) is 9.78 Å². The molecule has 3 aromatic rings. The summed E-state index contributed by atoms with van der Waals surface area (Å²) in [6.07, 6.45) is 1.96. The van der Waals surface area contributed by atoms with Gasteiger partial charge in [0.25, 0.3) is 5.56 Å². The highest BCUT2D eigenvalue weighted by Gasteiger charge is 2.17. The number of aryl methyl sites for hydroxylation is 1. The minimum absolute atomic E-state index is 0.251. The summed E-state index contributed by atoms with van der Waals surface area (Å²) in [6.45, 7) is 3.46. The van der Waals surface area contributed by atoms with Gasteiger partial charge in [-0.25, -0.2) is 9.78 Å². The molecule has 1 heterocycles. The first kappa shape index (κ1) is 23.6. The molecule has 0 aliphatic carbocycles. The van der Waals surface area contributed by atoms with E-state index in [1.54, 1.807) is 30.5 Å². The van der Waals surface area contributed by atoms with E-state index in [-0.39, 0.29) is 5.56 Å². The van der Waals surface area contributed by atoms with Crippen LogP contribution in [0.5, 0.6) is 5.75 Å². The van der Waals surface area contributed by atoms with Crippen LogP contribution in [-0.2, 0) is 11.2 Å². The average Bonchev–Trinajstić information content (AvgIpc) is 2.71. The van der Waals surface area contributed by atoms with Crippen LogP contribution in [0.3, 0.4) is 0 Å². The first-order chi connectivity index (χ1) is 14.7. The van der Waals surface area contributed by atoms with Crippen LogP contribution in [0.1, 0.15) is 31.7 Å². The van der Waals surface area contributed by atoms with Crippen LogP contribution in [-0.4, -0.2) is 33.1 Å². The van der Waals surface area contributed by atoms with Gasteiger partial charge in [-0.1, -0.05) is 22.9 Å². The molecule has 0 radical (unpaired) electrons. The van der Waals surface area contributed by atoms with Crippen molar-refractivity contribution in [2.75, 3.05) is 0 Å². The number of halogens is 3. The molecule has 162 valence electrons. The molecule has 0 aliphatic heterocycles. The van der Waals surface area contributed by atoms with Crippen molar-refractivity contribution in [1.29, 1.82) is 0 Å². The molecule has 1 aromatic heterocycles. The monoisotopic (exact) mass is 613 g/mol. The molecule has 31 heavy (non-hydrogen) atoms. The number of aromatic nitrogens is 2. The van der Waals surface area contributed by atoms with Crippen LogP contribution in [0, 0.1) is 0 Å². The standard InChI is InChI=1S/C21H18Br3N3O4/c1-3-4-18-26-17-6-5-13(22)9-14(17)20(28)27(18)25-10-12-7-15(23)19(16(24)8-12)31-11(2)21(29)30/h5-11H,3-4H2,1-2H3,(H,29,30)/t11-/m0/s1. The van der Waals surface area contributed by atoms with Crippen LogP contribution in [0.15, 0.2) is 53.6 Å². The van der Waals surface area contributed by atoms with Crippen LogP contribution in [0.4, 0.5) is 0 Å². The molecule has 0 unspecified atom stereocenters. The summed E-state index contributed by atoms with van der Waals surface area (Å²) in [5.74, 6) is -0.122. The Morgan fingerprint density at radius 2 is 1.94 bits per heavy atom. The summed E-state index contributed by atoms with van der Waals surface area (Å²) in [5, 5.41) is 13.9. The second-order valence-corrected chi connectivity index (χ2v) is 9.34. The minimum Gasteiger partial charge on any atom is -0.479 e. The van der Waals surface area contributed by atoms with Crippen molar-refractivity contribution < 1.29 is 14.6 Å². The number of ether oxygens (including phenoxy) is 1. The number of benzene rings is 2. The van der Waals surface area contributed by atoms with Gasteiger partial charge in [-0.3, -0.25) is 4.79 Å². The number of carboxylic acids is 1. The molecule has 0 spiro atoms. The lowest BCUT2D eigenvalue weighted by molar-refractivity contribution is -0.144. The van der Waals surface area contributed by atoms with E-state index in [2.05, 4.69) is 57.9 Å². The van der Waals surface area contributed by atoms with Crippen molar-refractivity contribution in [3.8, 4) is 5.75 Å². The molecule has 0 bridgehead atoms. The third kappa shape index (κ3) is 5.42. The van der Waals surface area contributed by atoms with E-state index in [0.717, 1.165) is 10.9 Å². The smallest absolute Gasteiger partial charge is 0.344 e. The van der Waals surface area contributed by atoms with Crippen molar-refractivity contribution >= 4 is 70.9 Å². The molecular weight excluding hydrogens is 598 g/mol. The van der Waals surface area contributed by atoms with Crippen molar-refractivity contribution in [3.63, 3.8) is 0 Å². The lowest BCUT2D eigenvalue weighted by Gasteiger charge is -2.14. The molecule has 10 heteroatoms. The van der Waals surface area contributed by atoms with Gasteiger partial charge in [0.2, 0.25) is 0 Å². The zero-order chi connectivity index (χ0) is 22.7. The fourth-order valence-corrected chi connectivity index (χ4v) is 4.59. The maximum atomic E-state index is 13.1. The van der Waals surface area contributed by atoms with Crippen molar-refractivity contribution in [3.05, 3.63) is 65.5 Å². The van der Waals surface area contributed by atoms with Crippen molar-refractivity contribution in [1.82, 2.24) is 9.66 Å². The van der Waals surface area contributed by atoms with Gasteiger partial charge in [0.15, 0.2) is 6.10 Å². The Balaban J connectivity index is 2.03. The second-order valence-electron chi connectivity index (χ2n) is 6.71. The van der Waals surface area contributed by atoms with Gasteiger partial charge in [-0.05, 0) is 81.1 Å². The summed E-state index contributed by atoms with van der Waals surface area (Å²) in [4.78, 5) is 28.7. The summed E-state index contributed by atoms with van der Waals surface area (Å²) >= 11 is 10.2. The Morgan fingerprint density at radius 3 is 2.55 bits per heavy atom. The molecule has 3 rings (SSSR count). The summed E-state index contributed by atoms with van der Waals surface area (Å²) < 4.78 is 8.69. The average molecular weight is 616 g/mol.